The summed E-state index contributed by atoms with van der Waals surface area (Å²) in [5, 5.41) is 2.78. The number of rotatable bonds is 7. The van der Waals surface area contributed by atoms with Gasteiger partial charge >= 0.3 is 0 Å². The molecule has 0 aliphatic rings. The monoisotopic (exact) mass is 452 g/mol. The molecule has 0 aliphatic carbocycles. The number of halogens is 1. The van der Waals surface area contributed by atoms with Crippen molar-refractivity contribution >= 4 is 39.1 Å². The Labute approximate surface area is 178 Å². The summed E-state index contributed by atoms with van der Waals surface area (Å²) in [6.07, 6.45) is 0. The van der Waals surface area contributed by atoms with Crippen LogP contribution in [0.3, 0.4) is 0 Å². The highest BCUT2D eigenvalue weighted by molar-refractivity contribution is 9.10. The third kappa shape index (κ3) is 5.45. The first-order valence-electron chi connectivity index (χ1n) is 9.22. The lowest BCUT2D eigenvalue weighted by atomic mass is 10.1. The predicted octanol–water partition coefficient (Wildman–Crippen LogP) is 5.13. The van der Waals surface area contributed by atoms with E-state index in [2.05, 4.69) is 21.2 Å². The van der Waals surface area contributed by atoms with Crippen LogP contribution in [0.25, 0.3) is 0 Å². The molecule has 0 unspecified atom stereocenters. The van der Waals surface area contributed by atoms with Gasteiger partial charge in [0.1, 0.15) is 5.75 Å². The van der Waals surface area contributed by atoms with Crippen molar-refractivity contribution in [3.63, 3.8) is 0 Å². The molecular formula is C23H21BrN2O3. The highest BCUT2D eigenvalue weighted by Gasteiger charge is 2.20. The topological polar surface area (TPSA) is 58.6 Å². The minimum atomic E-state index is -0.337. The highest BCUT2D eigenvalue weighted by Crippen LogP contribution is 2.22. The van der Waals surface area contributed by atoms with Gasteiger partial charge in [-0.2, -0.15) is 0 Å². The van der Waals surface area contributed by atoms with E-state index in [1.165, 1.54) is 0 Å². The van der Waals surface area contributed by atoms with Gasteiger partial charge in [-0.05, 0) is 55.5 Å². The molecule has 0 saturated carbocycles. The molecule has 0 radical (unpaired) electrons. The van der Waals surface area contributed by atoms with Crippen LogP contribution in [0.15, 0.2) is 83.3 Å². The summed E-state index contributed by atoms with van der Waals surface area (Å²) in [6, 6.07) is 23.6. The molecule has 29 heavy (non-hydrogen) atoms. The van der Waals surface area contributed by atoms with Crippen LogP contribution in [0.4, 0.5) is 11.4 Å². The van der Waals surface area contributed by atoms with Crippen molar-refractivity contribution < 1.29 is 14.3 Å². The van der Waals surface area contributed by atoms with Gasteiger partial charge in [0.15, 0.2) is 6.61 Å². The van der Waals surface area contributed by atoms with Crippen LogP contribution in [0.2, 0.25) is 0 Å². The van der Waals surface area contributed by atoms with Crippen molar-refractivity contribution in [3.05, 3.63) is 88.9 Å². The maximum Gasteiger partial charge on any atom is 0.262 e. The Hall–Kier alpha value is -3.12. The van der Waals surface area contributed by atoms with E-state index >= 15 is 0 Å². The molecule has 0 spiro atoms. The number of nitrogens with zero attached hydrogens (tertiary/aromatic N) is 1. The van der Waals surface area contributed by atoms with Gasteiger partial charge in [0.2, 0.25) is 0 Å². The second-order valence-electron chi connectivity index (χ2n) is 6.22. The van der Waals surface area contributed by atoms with E-state index in [-0.39, 0.29) is 18.4 Å². The van der Waals surface area contributed by atoms with Crippen LogP contribution < -0.4 is 15.0 Å². The molecule has 148 valence electrons. The first-order chi connectivity index (χ1) is 14.1. The molecule has 3 aromatic rings. The zero-order valence-corrected chi connectivity index (χ0v) is 17.6. The van der Waals surface area contributed by atoms with E-state index in [0.29, 0.717) is 23.5 Å². The van der Waals surface area contributed by atoms with Crippen molar-refractivity contribution in [2.75, 3.05) is 23.4 Å². The van der Waals surface area contributed by atoms with E-state index in [4.69, 9.17) is 4.74 Å². The summed E-state index contributed by atoms with van der Waals surface area (Å²) in [4.78, 5) is 27.2. The molecular weight excluding hydrogens is 432 g/mol. The SMILES string of the molecule is CCN(C(=O)c1ccccc1NC(=O)COc1ccc(Br)cc1)c1ccccc1. The normalized spacial score (nSPS) is 10.3. The molecule has 0 bridgehead atoms. The summed E-state index contributed by atoms with van der Waals surface area (Å²) in [5.41, 5.74) is 1.69. The van der Waals surface area contributed by atoms with E-state index in [1.54, 1.807) is 41.3 Å². The lowest BCUT2D eigenvalue weighted by Crippen LogP contribution is -2.32. The predicted molar refractivity (Wildman–Crippen MR) is 119 cm³/mol. The number of ether oxygens (including phenoxy) is 1. The first kappa shape index (κ1) is 20.6. The second-order valence-corrected chi connectivity index (χ2v) is 7.14. The van der Waals surface area contributed by atoms with Gasteiger partial charge in [-0.25, -0.2) is 0 Å². The molecule has 2 amide bonds. The van der Waals surface area contributed by atoms with E-state index in [1.807, 2.05) is 49.4 Å². The fourth-order valence-electron chi connectivity index (χ4n) is 2.84. The third-order valence-electron chi connectivity index (χ3n) is 4.24. The molecule has 5 nitrogen and oxygen atoms in total. The summed E-state index contributed by atoms with van der Waals surface area (Å²) in [7, 11) is 0. The third-order valence-corrected chi connectivity index (χ3v) is 4.77. The summed E-state index contributed by atoms with van der Waals surface area (Å²) in [5.74, 6) is 0.0771. The van der Waals surface area contributed by atoms with E-state index in [9.17, 15) is 9.59 Å². The van der Waals surface area contributed by atoms with Crippen LogP contribution in [0.5, 0.6) is 5.75 Å². The van der Waals surface area contributed by atoms with Crippen molar-refractivity contribution in [2.45, 2.75) is 6.92 Å². The average molecular weight is 453 g/mol. The number of para-hydroxylation sites is 2. The molecule has 6 heteroatoms. The van der Waals surface area contributed by atoms with Crippen molar-refractivity contribution in [1.29, 1.82) is 0 Å². The molecule has 0 heterocycles. The molecule has 0 fully saturated rings. The van der Waals surface area contributed by atoms with Gasteiger partial charge in [-0.3, -0.25) is 9.59 Å². The summed E-state index contributed by atoms with van der Waals surface area (Å²) >= 11 is 3.35. The van der Waals surface area contributed by atoms with Crippen LogP contribution in [-0.2, 0) is 4.79 Å². The summed E-state index contributed by atoms with van der Waals surface area (Å²) in [6.45, 7) is 2.27. The number of hydrogen-bond donors (Lipinski definition) is 1. The number of hydrogen-bond acceptors (Lipinski definition) is 3. The molecule has 0 saturated heterocycles. The highest BCUT2D eigenvalue weighted by atomic mass is 79.9. The minimum absolute atomic E-state index is 0.152. The van der Waals surface area contributed by atoms with Gasteiger partial charge in [-0.15, -0.1) is 0 Å². The summed E-state index contributed by atoms with van der Waals surface area (Å²) < 4.78 is 6.44. The van der Waals surface area contributed by atoms with Crippen LogP contribution in [-0.4, -0.2) is 25.0 Å². The molecule has 0 atom stereocenters. The first-order valence-corrected chi connectivity index (χ1v) is 10.0. The molecule has 0 aliphatic heterocycles. The second kappa shape index (κ2) is 9.89. The largest absolute Gasteiger partial charge is 0.484 e. The smallest absolute Gasteiger partial charge is 0.262 e. The number of carbonyl (C=O) groups is 2. The van der Waals surface area contributed by atoms with Crippen LogP contribution in [0.1, 0.15) is 17.3 Å². The minimum Gasteiger partial charge on any atom is -0.484 e. The van der Waals surface area contributed by atoms with Crippen molar-refractivity contribution in [1.82, 2.24) is 0 Å². The Balaban J connectivity index is 1.71. The number of anilines is 2. The fraction of sp³-hybridized carbons (Fsp3) is 0.130. The Bertz CT molecular complexity index is 975. The maximum atomic E-state index is 13.1. The van der Waals surface area contributed by atoms with Gasteiger partial charge in [0.05, 0.1) is 11.3 Å². The van der Waals surface area contributed by atoms with Crippen molar-refractivity contribution in [3.8, 4) is 5.75 Å². The molecule has 0 aromatic heterocycles. The fourth-order valence-corrected chi connectivity index (χ4v) is 3.11. The Morgan fingerprint density at radius 1 is 0.931 bits per heavy atom. The molecule has 1 N–H and O–H groups in total. The Morgan fingerprint density at radius 2 is 1.59 bits per heavy atom. The van der Waals surface area contributed by atoms with Gasteiger partial charge < -0.3 is 15.0 Å². The molecule has 3 rings (SSSR count). The Morgan fingerprint density at radius 3 is 2.28 bits per heavy atom. The number of amides is 2. The quantitative estimate of drug-likeness (QED) is 0.540. The zero-order chi connectivity index (χ0) is 20.6. The maximum absolute atomic E-state index is 13.1. The molecule has 3 aromatic carbocycles. The number of benzene rings is 3. The van der Waals surface area contributed by atoms with Crippen molar-refractivity contribution in [2.24, 2.45) is 0 Å². The average Bonchev–Trinajstić information content (AvgIpc) is 2.75. The lowest BCUT2D eigenvalue weighted by Gasteiger charge is -2.22. The van der Waals surface area contributed by atoms with E-state index in [0.717, 1.165) is 10.2 Å². The van der Waals surface area contributed by atoms with Crippen LogP contribution in [0, 0.1) is 0 Å². The van der Waals surface area contributed by atoms with Gasteiger partial charge in [0, 0.05) is 16.7 Å². The lowest BCUT2D eigenvalue weighted by molar-refractivity contribution is -0.118. The Kier molecular flexibility index (Phi) is 7.03. The number of nitrogens with one attached hydrogen (secondary N) is 1. The van der Waals surface area contributed by atoms with Gasteiger partial charge in [0.25, 0.3) is 11.8 Å². The zero-order valence-electron chi connectivity index (χ0n) is 16.0. The standard InChI is InChI=1S/C23H21BrN2O3/c1-2-26(18-8-4-3-5-9-18)23(28)20-10-6-7-11-21(20)25-22(27)16-29-19-14-12-17(24)13-15-19/h3-15H,2,16H2,1H3,(H,25,27). The van der Waals surface area contributed by atoms with Gasteiger partial charge in [-0.1, -0.05) is 46.3 Å². The number of carbonyl (C=O) groups excluding carboxylic acids is 2. The van der Waals surface area contributed by atoms with Crippen LogP contribution >= 0.6 is 15.9 Å². The van der Waals surface area contributed by atoms with E-state index < -0.39 is 0 Å².